The van der Waals surface area contributed by atoms with Crippen molar-refractivity contribution in [3.05, 3.63) is 63.4 Å². The molecular weight excluding hydrogens is 427 g/mol. The van der Waals surface area contributed by atoms with Crippen molar-refractivity contribution in [3.8, 4) is 0 Å². The Morgan fingerprint density at radius 2 is 1.97 bits per heavy atom. The number of hydrogen-bond donors (Lipinski definition) is 1. The van der Waals surface area contributed by atoms with E-state index in [0.717, 1.165) is 23.9 Å². The molecule has 0 saturated heterocycles. The van der Waals surface area contributed by atoms with Crippen LogP contribution in [-0.2, 0) is 17.5 Å². The second-order valence-electron chi connectivity index (χ2n) is 5.99. The van der Waals surface area contributed by atoms with Gasteiger partial charge in [-0.2, -0.15) is 13.2 Å². The average molecular weight is 442 g/mol. The van der Waals surface area contributed by atoms with Crippen molar-refractivity contribution in [2.24, 2.45) is 0 Å². The molecule has 3 aromatic rings. The van der Waals surface area contributed by atoms with E-state index in [4.69, 9.17) is 11.6 Å². The minimum atomic E-state index is -4.66. The topological polar surface area (TPSA) is 64.0 Å². The molecule has 0 atom stereocenters. The maximum Gasteiger partial charge on any atom is 0.418 e. The van der Waals surface area contributed by atoms with Crippen LogP contribution in [0, 0.1) is 0 Å². The third-order valence-corrected chi connectivity index (χ3v) is 5.25. The fourth-order valence-electron chi connectivity index (χ4n) is 2.71. The van der Waals surface area contributed by atoms with Gasteiger partial charge in [0.05, 0.1) is 27.9 Å². The quantitative estimate of drug-likeness (QED) is 0.455. The summed E-state index contributed by atoms with van der Waals surface area (Å²) in [6, 6.07) is 9.94. The highest BCUT2D eigenvalue weighted by Crippen LogP contribution is 2.36. The first kappa shape index (κ1) is 21.2. The van der Waals surface area contributed by atoms with Gasteiger partial charge in [0.2, 0.25) is 5.91 Å². The lowest BCUT2D eigenvalue weighted by molar-refractivity contribution is -0.137. The van der Waals surface area contributed by atoms with Crippen LogP contribution in [0.3, 0.4) is 0 Å². The first-order valence-corrected chi connectivity index (χ1v) is 9.86. The number of anilines is 1. The van der Waals surface area contributed by atoms with E-state index in [1.165, 1.54) is 10.6 Å². The molecule has 0 aliphatic carbocycles. The van der Waals surface area contributed by atoms with E-state index in [0.29, 0.717) is 22.6 Å². The van der Waals surface area contributed by atoms with Crippen molar-refractivity contribution < 1.29 is 18.0 Å². The van der Waals surface area contributed by atoms with Crippen LogP contribution in [-0.4, -0.2) is 21.2 Å². The number of carbonyl (C=O) groups excluding carboxylic acids is 1. The van der Waals surface area contributed by atoms with Gasteiger partial charge in [0.1, 0.15) is 0 Å². The second kappa shape index (κ2) is 8.46. The molecule has 152 valence electrons. The zero-order valence-corrected chi connectivity index (χ0v) is 16.7. The fraction of sp³-hybridized carbons (Fsp3) is 0.211. The Balaban J connectivity index is 1.81. The van der Waals surface area contributed by atoms with Gasteiger partial charge < -0.3 is 5.32 Å². The Hall–Kier alpha value is -2.52. The molecule has 1 aromatic heterocycles. The Morgan fingerprint density at radius 3 is 2.66 bits per heavy atom. The van der Waals surface area contributed by atoms with Gasteiger partial charge >= 0.3 is 6.18 Å². The third kappa shape index (κ3) is 4.73. The van der Waals surface area contributed by atoms with Gasteiger partial charge in [0, 0.05) is 11.6 Å². The van der Waals surface area contributed by atoms with Crippen LogP contribution < -0.4 is 10.9 Å². The Bertz CT molecular complexity index is 1130. The standard InChI is InChI=1S/C19H15ClF3N3O2S/c1-2-26-17(28)12-5-3-4-6-14(12)25-18(26)29-10-16(27)24-15-8-7-11(20)9-13(15)19(21,22)23/h3-9H,2,10H2,1H3,(H,24,27). The van der Waals surface area contributed by atoms with E-state index in [2.05, 4.69) is 10.3 Å². The smallest absolute Gasteiger partial charge is 0.325 e. The van der Waals surface area contributed by atoms with E-state index in [1.54, 1.807) is 31.2 Å². The number of hydrogen-bond acceptors (Lipinski definition) is 4. The number of benzene rings is 2. The number of fused-ring (bicyclic) bond motifs is 1. The van der Waals surface area contributed by atoms with Crippen molar-refractivity contribution in [2.45, 2.75) is 24.8 Å². The van der Waals surface area contributed by atoms with Gasteiger partial charge in [0.15, 0.2) is 5.16 Å². The Kier molecular flexibility index (Phi) is 6.18. The van der Waals surface area contributed by atoms with E-state index in [9.17, 15) is 22.8 Å². The molecule has 1 heterocycles. The largest absolute Gasteiger partial charge is 0.418 e. The summed E-state index contributed by atoms with van der Waals surface area (Å²) >= 11 is 6.62. The minimum Gasteiger partial charge on any atom is -0.325 e. The number of para-hydroxylation sites is 1. The minimum absolute atomic E-state index is 0.0861. The van der Waals surface area contributed by atoms with Crippen LogP contribution in [0.25, 0.3) is 10.9 Å². The molecule has 0 spiro atoms. The molecule has 2 aromatic carbocycles. The number of aromatic nitrogens is 2. The SMILES string of the molecule is CCn1c(SCC(=O)Nc2ccc(Cl)cc2C(F)(F)F)nc2ccccc2c1=O. The molecule has 10 heteroatoms. The zero-order valence-electron chi connectivity index (χ0n) is 15.1. The molecule has 0 aliphatic rings. The Morgan fingerprint density at radius 1 is 1.24 bits per heavy atom. The number of carbonyl (C=O) groups is 1. The molecule has 0 radical (unpaired) electrons. The highest BCUT2D eigenvalue weighted by molar-refractivity contribution is 7.99. The number of rotatable bonds is 5. The van der Waals surface area contributed by atoms with Crippen LogP contribution >= 0.6 is 23.4 Å². The molecule has 0 bridgehead atoms. The van der Waals surface area contributed by atoms with Crippen molar-refractivity contribution >= 4 is 45.9 Å². The summed E-state index contributed by atoms with van der Waals surface area (Å²) in [6.45, 7) is 2.11. The Labute approximate surface area is 172 Å². The van der Waals surface area contributed by atoms with E-state index >= 15 is 0 Å². The molecule has 1 N–H and O–H groups in total. The molecule has 0 fully saturated rings. The maximum absolute atomic E-state index is 13.2. The molecule has 0 unspecified atom stereocenters. The normalized spacial score (nSPS) is 11.6. The molecule has 0 saturated carbocycles. The van der Waals surface area contributed by atoms with Gasteiger partial charge in [-0.25, -0.2) is 4.98 Å². The first-order chi connectivity index (χ1) is 13.7. The summed E-state index contributed by atoms with van der Waals surface area (Å²) in [6.07, 6.45) is -4.66. The average Bonchev–Trinajstić information content (AvgIpc) is 2.67. The van der Waals surface area contributed by atoms with Crippen LogP contribution in [0.5, 0.6) is 0 Å². The molecule has 1 amide bonds. The monoisotopic (exact) mass is 441 g/mol. The molecule has 29 heavy (non-hydrogen) atoms. The van der Waals surface area contributed by atoms with Gasteiger partial charge in [-0.1, -0.05) is 35.5 Å². The fourth-order valence-corrected chi connectivity index (χ4v) is 3.75. The first-order valence-electron chi connectivity index (χ1n) is 8.49. The number of thioether (sulfide) groups is 1. The highest BCUT2D eigenvalue weighted by atomic mass is 35.5. The zero-order chi connectivity index (χ0) is 21.2. The number of alkyl halides is 3. The predicted molar refractivity (Wildman–Crippen MR) is 107 cm³/mol. The van der Waals surface area contributed by atoms with Crippen LogP contribution in [0.1, 0.15) is 12.5 Å². The van der Waals surface area contributed by atoms with Gasteiger partial charge in [-0.15, -0.1) is 0 Å². The highest BCUT2D eigenvalue weighted by Gasteiger charge is 2.34. The second-order valence-corrected chi connectivity index (χ2v) is 7.36. The number of nitrogens with one attached hydrogen (secondary N) is 1. The van der Waals surface area contributed by atoms with Gasteiger partial charge in [-0.3, -0.25) is 14.2 Å². The maximum atomic E-state index is 13.2. The number of halogens is 4. The van der Waals surface area contributed by atoms with Crippen molar-refractivity contribution in [1.82, 2.24) is 9.55 Å². The van der Waals surface area contributed by atoms with E-state index in [1.807, 2.05) is 0 Å². The van der Waals surface area contributed by atoms with E-state index in [-0.39, 0.29) is 22.0 Å². The molecule has 5 nitrogen and oxygen atoms in total. The van der Waals surface area contributed by atoms with Crippen LogP contribution in [0.2, 0.25) is 5.02 Å². The lowest BCUT2D eigenvalue weighted by Gasteiger charge is -2.14. The summed E-state index contributed by atoms with van der Waals surface area (Å²) in [7, 11) is 0. The van der Waals surface area contributed by atoms with Crippen molar-refractivity contribution in [3.63, 3.8) is 0 Å². The summed E-state index contributed by atoms with van der Waals surface area (Å²) in [5.41, 5.74) is -1.16. The lowest BCUT2D eigenvalue weighted by atomic mass is 10.1. The third-order valence-electron chi connectivity index (χ3n) is 4.04. The summed E-state index contributed by atoms with van der Waals surface area (Å²) in [5, 5.41) is 2.94. The van der Waals surface area contributed by atoms with Crippen molar-refractivity contribution in [2.75, 3.05) is 11.1 Å². The predicted octanol–water partition coefficient (Wildman–Crippen LogP) is 4.82. The number of amides is 1. The van der Waals surface area contributed by atoms with Crippen LogP contribution in [0.15, 0.2) is 52.4 Å². The van der Waals surface area contributed by atoms with Gasteiger partial charge in [0.25, 0.3) is 5.56 Å². The molecule has 0 aliphatic heterocycles. The lowest BCUT2D eigenvalue weighted by Crippen LogP contribution is -2.23. The van der Waals surface area contributed by atoms with Crippen LogP contribution in [0.4, 0.5) is 18.9 Å². The van der Waals surface area contributed by atoms with E-state index < -0.39 is 17.6 Å². The summed E-state index contributed by atoms with van der Waals surface area (Å²) < 4.78 is 40.9. The van der Waals surface area contributed by atoms with Crippen molar-refractivity contribution in [1.29, 1.82) is 0 Å². The molecular formula is C19H15ClF3N3O2S. The molecule has 3 rings (SSSR count). The summed E-state index contributed by atoms with van der Waals surface area (Å²) in [4.78, 5) is 29.2. The van der Waals surface area contributed by atoms with Gasteiger partial charge in [-0.05, 0) is 37.3 Å². The summed E-state index contributed by atoms with van der Waals surface area (Å²) in [5.74, 6) is -0.877. The number of nitrogens with zero attached hydrogens (tertiary/aromatic N) is 2.